The Morgan fingerprint density at radius 1 is 0.545 bits per heavy atom. The molecule has 0 aromatic heterocycles. The van der Waals surface area contributed by atoms with E-state index in [1.54, 1.807) is 0 Å². The smallest absolute Gasteiger partial charge is 0.102 e. The minimum absolute atomic E-state index is 0. The second-order valence-corrected chi connectivity index (χ2v) is 1.40. The number of nitrogens with zero attached hydrogens (tertiary/aromatic N) is 8. The monoisotopic (exact) mass is 152 g/mol. The molecule has 0 radical (unpaired) electrons. The quantitative estimate of drug-likeness (QED) is 0.509. The highest BCUT2D eigenvalue weighted by atomic mass is 15.6. The van der Waals surface area contributed by atoms with Crippen LogP contribution in [0.15, 0.2) is 53.0 Å². The van der Waals surface area contributed by atoms with Crippen LogP contribution in [0.5, 0.6) is 0 Å². The maximum atomic E-state index is 3.48. The van der Waals surface area contributed by atoms with Gasteiger partial charge in [0.2, 0.25) is 11.6 Å². The first-order valence-corrected chi connectivity index (χ1v) is 2.34. The molecule has 8 nitrogen and oxygen atoms in total. The van der Waals surface area contributed by atoms with Gasteiger partial charge < -0.3 is 0 Å². The molecule has 56 valence electrons. The van der Waals surface area contributed by atoms with Crippen molar-refractivity contribution in [2.45, 2.75) is 7.43 Å². The predicted octanol–water partition coefficient (Wildman–Crippen LogP) is 2.42. The van der Waals surface area contributed by atoms with Crippen molar-refractivity contribution >= 4 is 0 Å². The summed E-state index contributed by atoms with van der Waals surface area (Å²) in [4.78, 5) is 0. The Kier molecular flexibility index (Phi) is 1.86. The molecule has 0 bridgehead atoms. The fourth-order valence-corrected chi connectivity index (χ4v) is 0.468. The number of rotatable bonds is 0. The van der Waals surface area contributed by atoms with Crippen molar-refractivity contribution < 1.29 is 0 Å². The summed E-state index contributed by atoms with van der Waals surface area (Å²) in [5, 5.41) is 26.9. The second-order valence-electron chi connectivity index (χ2n) is 1.40. The van der Waals surface area contributed by atoms with E-state index in [2.05, 4.69) is 41.4 Å². The number of hydrogen-bond acceptors (Lipinski definition) is 8. The van der Waals surface area contributed by atoms with E-state index in [-0.39, 0.29) is 19.1 Å². The van der Waals surface area contributed by atoms with Gasteiger partial charge in [0.15, 0.2) is 0 Å². The average Bonchev–Trinajstić information content (AvgIpc) is 2.59. The second kappa shape index (κ2) is 2.82. The molecule has 0 N–H and O–H groups in total. The third-order valence-electron chi connectivity index (χ3n) is 0.838. The summed E-state index contributed by atoms with van der Waals surface area (Å²) in [6, 6.07) is 0. The Morgan fingerprint density at radius 3 is 1.09 bits per heavy atom. The summed E-state index contributed by atoms with van der Waals surface area (Å²) in [6.45, 7) is 0. The average molecular weight is 152 g/mol. The molecule has 0 saturated heterocycles. The van der Waals surface area contributed by atoms with Crippen LogP contribution in [0.3, 0.4) is 0 Å². The van der Waals surface area contributed by atoms with Crippen molar-refractivity contribution in [3.8, 4) is 0 Å². The summed E-state index contributed by atoms with van der Waals surface area (Å²) < 4.78 is 0. The molecule has 11 heavy (non-hydrogen) atoms. The molecule has 2 aliphatic heterocycles. The topological polar surface area (TPSA) is 98.9 Å². The van der Waals surface area contributed by atoms with Gasteiger partial charge in [0, 0.05) is 0 Å². The lowest BCUT2D eigenvalue weighted by Crippen LogP contribution is -1.71. The predicted molar refractivity (Wildman–Crippen MR) is 33.2 cm³/mol. The molecule has 0 aromatic rings. The van der Waals surface area contributed by atoms with Crippen molar-refractivity contribution in [1.29, 1.82) is 0 Å². The lowest BCUT2D eigenvalue weighted by atomic mass is 10.7. The first-order valence-electron chi connectivity index (χ1n) is 2.34. The van der Waals surface area contributed by atoms with Gasteiger partial charge in [0.25, 0.3) is 0 Å². The zero-order chi connectivity index (χ0) is 6.81. The molecular weight excluding hydrogens is 148 g/mol. The maximum absolute atomic E-state index is 3.48. The Labute approximate surface area is 61.5 Å². The summed E-state index contributed by atoms with van der Waals surface area (Å²) in [6.07, 6.45) is 0. The SMILES string of the molecule is C.N1=NC(=C2N=NN=N2)N=N1. The van der Waals surface area contributed by atoms with Crippen LogP contribution in [0, 0.1) is 0 Å². The highest BCUT2D eigenvalue weighted by molar-refractivity contribution is 5.08. The molecule has 8 heteroatoms. The van der Waals surface area contributed by atoms with Gasteiger partial charge in [-0.15, -0.1) is 20.5 Å². The molecule has 0 unspecified atom stereocenters. The van der Waals surface area contributed by atoms with Crippen LogP contribution in [0.4, 0.5) is 0 Å². The van der Waals surface area contributed by atoms with Crippen molar-refractivity contribution in [2.75, 3.05) is 0 Å². The van der Waals surface area contributed by atoms with E-state index < -0.39 is 0 Å². The molecule has 0 spiro atoms. The van der Waals surface area contributed by atoms with Gasteiger partial charge in [-0.2, -0.15) is 0 Å². The Hall–Kier alpha value is -1.86. The minimum Gasteiger partial charge on any atom is -0.102 e. The van der Waals surface area contributed by atoms with Crippen molar-refractivity contribution in [3.05, 3.63) is 11.6 Å². The fraction of sp³-hybridized carbons (Fsp3) is 0.333. The maximum Gasteiger partial charge on any atom is 0.248 e. The van der Waals surface area contributed by atoms with E-state index in [0.717, 1.165) is 0 Å². The van der Waals surface area contributed by atoms with Crippen molar-refractivity contribution in [2.24, 2.45) is 41.4 Å². The van der Waals surface area contributed by atoms with E-state index in [9.17, 15) is 0 Å². The molecule has 2 heterocycles. The summed E-state index contributed by atoms with van der Waals surface area (Å²) in [5.41, 5.74) is 0. The van der Waals surface area contributed by atoms with E-state index in [1.807, 2.05) is 0 Å². The van der Waals surface area contributed by atoms with Gasteiger partial charge in [0.1, 0.15) is 0 Å². The van der Waals surface area contributed by atoms with Crippen LogP contribution in [0.1, 0.15) is 7.43 Å². The lowest BCUT2D eigenvalue weighted by Gasteiger charge is -1.79. The highest BCUT2D eigenvalue weighted by Gasteiger charge is 2.10. The molecule has 0 atom stereocenters. The molecule has 2 aliphatic rings. The van der Waals surface area contributed by atoms with Gasteiger partial charge in [-0.25, -0.2) is 0 Å². The third kappa shape index (κ3) is 1.18. The molecular formula is C3H4N8. The normalized spacial score (nSPS) is 18.2. The van der Waals surface area contributed by atoms with Crippen LogP contribution in [-0.4, -0.2) is 0 Å². The Balaban J connectivity index is 0.000000605. The molecule has 0 aliphatic carbocycles. The van der Waals surface area contributed by atoms with Gasteiger partial charge in [-0.1, -0.05) is 7.43 Å². The van der Waals surface area contributed by atoms with Gasteiger partial charge >= 0.3 is 0 Å². The molecule has 0 saturated carbocycles. The summed E-state index contributed by atoms with van der Waals surface area (Å²) in [7, 11) is 0. The minimum atomic E-state index is 0. The first-order chi connectivity index (χ1) is 4.97. The van der Waals surface area contributed by atoms with Crippen LogP contribution in [0.25, 0.3) is 0 Å². The lowest BCUT2D eigenvalue weighted by molar-refractivity contribution is 1.06. The van der Waals surface area contributed by atoms with Crippen LogP contribution < -0.4 is 0 Å². The summed E-state index contributed by atoms with van der Waals surface area (Å²) in [5.74, 6) is 0.481. The van der Waals surface area contributed by atoms with Crippen molar-refractivity contribution in [1.82, 2.24) is 0 Å². The van der Waals surface area contributed by atoms with Gasteiger partial charge in [0.05, 0.1) is 0 Å². The number of hydrogen-bond donors (Lipinski definition) is 0. The van der Waals surface area contributed by atoms with Crippen LogP contribution >= 0.6 is 0 Å². The van der Waals surface area contributed by atoms with E-state index in [1.165, 1.54) is 0 Å². The zero-order valence-electron chi connectivity index (χ0n) is 4.58. The van der Waals surface area contributed by atoms with Crippen molar-refractivity contribution in [3.63, 3.8) is 0 Å². The van der Waals surface area contributed by atoms with Gasteiger partial charge in [-0.05, 0) is 20.9 Å². The largest absolute Gasteiger partial charge is 0.248 e. The molecule has 0 aromatic carbocycles. The molecule has 2 rings (SSSR count). The standard InChI is InChI=1S/C2N8.CH4/c3-1(4-8-7-3)2-5-9-10-6-2;/h;1H4. The third-order valence-corrected chi connectivity index (χ3v) is 0.838. The first kappa shape index (κ1) is 7.25. The van der Waals surface area contributed by atoms with Crippen LogP contribution in [0.2, 0.25) is 0 Å². The highest BCUT2D eigenvalue weighted by Crippen LogP contribution is 2.19. The fourth-order valence-electron chi connectivity index (χ4n) is 0.468. The van der Waals surface area contributed by atoms with Gasteiger partial charge in [-0.3, -0.25) is 0 Å². The van der Waals surface area contributed by atoms with E-state index in [4.69, 9.17) is 0 Å². The Bertz CT molecular complexity index is 234. The van der Waals surface area contributed by atoms with Crippen LogP contribution in [-0.2, 0) is 0 Å². The Morgan fingerprint density at radius 2 is 0.818 bits per heavy atom. The molecule has 0 fully saturated rings. The van der Waals surface area contributed by atoms with E-state index in [0.29, 0.717) is 0 Å². The zero-order valence-corrected chi connectivity index (χ0v) is 4.58. The van der Waals surface area contributed by atoms with E-state index >= 15 is 0 Å². The molecule has 0 amide bonds. The summed E-state index contributed by atoms with van der Waals surface area (Å²) >= 11 is 0.